The highest BCUT2D eigenvalue weighted by molar-refractivity contribution is 8.00. The largest absolute Gasteiger partial charge is 0.355 e. The van der Waals surface area contributed by atoms with Gasteiger partial charge in [0, 0.05) is 6.54 Å². The van der Waals surface area contributed by atoms with Crippen molar-refractivity contribution in [2.45, 2.75) is 32.2 Å². The summed E-state index contributed by atoms with van der Waals surface area (Å²) in [5, 5.41) is 2.71. The van der Waals surface area contributed by atoms with E-state index in [9.17, 15) is 9.59 Å². The van der Waals surface area contributed by atoms with E-state index in [1.165, 1.54) is 0 Å². The van der Waals surface area contributed by atoms with E-state index in [2.05, 4.69) is 11.4 Å². The van der Waals surface area contributed by atoms with E-state index in [-0.39, 0.29) is 17.2 Å². The zero-order chi connectivity index (χ0) is 14.7. The fourth-order valence-corrected chi connectivity index (χ4v) is 3.63. The van der Waals surface area contributed by atoms with Crippen molar-refractivity contribution in [1.29, 1.82) is 0 Å². The van der Waals surface area contributed by atoms with Crippen molar-refractivity contribution in [3.05, 3.63) is 35.4 Å². The Morgan fingerprint density at radius 1 is 1.55 bits per heavy atom. The number of amides is 2. The Balaban J connectivity index is 2.24. The lowest BCUT2D eigenvalue weighted by molar-refractivity contribution is -0.137. The van der Waals surface area contributed by atoms with Gasteiger partial charge in [0.25, 0.3) is 0 Å². The molecule has 1 heterocycles. The number of aryl methyl sites for hydroxylation is 1. The van der Waals surface area contributed by atoms with Crippen LogP contribution in [-0.2, 0) is 9.59 Å². The summed E-state index contributed by atoms with van der Waals surface area (Å²) in [5.74, 6) is 0.365. The van der Waals surface area contributed by atoms with Crippen LogP contribution in [-0.4, -0.2) is 35.1 Å². The van der Waals surface area contributed by atoms with Crippen molar-refractivity contribution in [3.8, 4) is 0 Å². The molecular weight excluding hydrogens is 272 g/mol. The van der Waals surface area contributed by atoms with Crippen molar-refractivity contribution < 1.29 is 9.59 Å². The first-order valence-corrected chi connectivity index (χ1v) is 7.86. The lowest BCUT2D eigenvalue weighted by Crippen LogP contribution is -2.46. The standard InChI is InChI=1S/C15H20N2O2S/c1-4-16-14(19)11(3)17-13(18)9-20-15(17)12-7-5-6-10(2)8-12/h5-8,11,15H,4,9H2,1-3H3,(H,16,19). The predicted molar refractivity (Wildman–Crippen MR) is 81.4 cm³/mol. The third-order valence-electron chi connectivity index (χ3n) is 3.38. The molecule has 2 amide bonds. The molecule has 0 radical (unpaired) electrons. The molecule has 5 heteroatoms. The Morgan fingerprint density at radius 2 is 2.30 bits per heavy atom. The number of nitrogens with zero attached hydrogens (tertiary/aromatic N) is 1. The second kappa shape index (κ2) is 6.31. The van der Waals surface area contributed by atoms with Crippen LogP contribution in [0.3, 0.4) is 0 Å². The molecule has 0 saturated carbocycles. The summed E-state index contributed by atoms with van der Waals surface area (Å²) >= 11 is 1.58. The molecule has 1 aromatic rings. The quantitative estimate of drug-likeness (QED) is 0.924. The molecule has 1 saturated heterocycles. The molecule has 0 aromatic heterocycles. The first-order chi connectivity index (χ1) is 9.54. The van der Waals surface area contributed by atoms with Gasteiger partial charge in [-0.2, -0.15) is 0 Å². The first kappa shape index (κ1) is 14.9. The summed E-state index contributed by atoms with van der Waals surface area (Å²) in [4.78, 5) is 25.8. The molecule has 20 heavy (non-hydrogen) atoms. The molecule has 1 N–H and O–H groups in total. The topological polar surface area (TPSA) is 49.4 Å². The number of hydrogen-bond donors (Lipinski definition) is 1. The van der Waals surface area contributed by atoms with Crippen LogP contribution in [0.15, 0.2) is 24.3 Å². The first-order valence-electron chi connectivity index (χ1n) is 6.81. The average molecular weight is 292 g/mol. The second-order valence-electron chi connectivity index (χ2n) is 4.95. The Bertz CT molecular complexity index is 518. The number of hydrogen-bond acceptors (Lipinski definition) is 3. The third kappa shape index (κ3) is 2.98. The monoisotopic (exact) mass is 292 g/mol. The molecule has 0 bridgehead atoms. The van der Waals surface area contributed by atoms with Crippen LogP contribution in [0, 0.1) is 6.92 Å². The highest BCUT2D eigenvalue weighted by Crippen LogP contribution is 2.40. The molecule has 2 atom stereocenters. The summed E-state index contributed by atoms with van der Waals surface area (Å²) in [5.41, 5.74) is 2.24. The van der Waals surface area contributed by atoms with E-state index in [1.54, 1.807) is 23.6 Å². The van der Waals surface area contributed by atoms with Gasteiger partial charge in [-0.15, -0.1) is 11.8 Å². The number of nitrogens with one attached hydrogen (secondary N) is 1. The van der Waals surface area contributed by atoms with Crippen molar-refractivity contribution >= 4 is 23.6 Å². The zero-order valence-corrected chi connectivity index (χ0v) is 12.9. The SMILES string of the molecule is CCNC(=O)C(C)N1C(=O)CSC1c1cccc(C)c1. The Labute approximate surface area is 123 Å². The van der Waals surface area contributed by atoms with Gasteiger partial charge in [0.1, 0.15) is 11.4 Å². The van der Waals surface area contributed by atoms with E-state index in [4.69, 9.17) is 0 Å². The number of rotatable bonds is 4. The van der Waals surface area contributed by atoms with Crippen LogP contribution in [0.2, 0.25) is 0 Å². The van der Waals surface area contributed by atoms with Gasteiger partial charge in [0.2, 0.25) is 11.8 Å². The molecule has 2 unspecified atom stereocenters. The van der Waals surface area contributed by atoms with Gasteiger partial charge in [0.15, 0.2) is 0 Å². The minimum atomic E-state index is -0.442. The van der Waals surface area contributed by atoms with Crippen LogP contribution in [0.25, 0.3) is 0 Å². The van der Waals surface area contributed by atoms with Crippen LogP contribution in [0.5, 0.6) is 0 Å². The summed E-state index contributed by atoms with van der Waals surface area (Å²) in [6.07, 6.45) is 0. The number of carbonyl (C=O) groups is 2. The minimum Gasteiger partial charge on any atom is -0.355 e. The summed E-state index contributed by atoms with van der Waals surface area (Å²) in [7, 11) is 0. The van der Waals surface area contributed by atoms with Gasteiger partial charge < -0.3 is 10.2 Å². The Morgan fingerprint density at radius 3 is 2.95 bits per heavy atom. The smallest absolute Gasteiger partial charge is 0.242 e. The zero-order valence-electron chi connectivity index (χ0n) is 12.1. The van der Waals surface area contributed by atoms with Gasteiger partial charge in [-0.1, -0.05) is 29.8 Å². The fourth-order valence-electron chi connectivity index (χ4n) is 2.38. The van der Waals surface area contributed by atoms with Crippen LogP contribution >= 0.6 is 11.8 Å². The molecule has 1 fully saturated rings. The Kier molecular flexibility index (Phi) is 4.70. The molecule has 0 aliphatic carbocycles. The molecule has 4 nitrogen and oxygen atoms in total. The van der Waals surface area contributed by atoms with E-state index in [1.807, 2.05) is 32.0 Å². The summed E-state index contributed by atoms with van der Waals surface area (Å²) in [6, 6.07) is 7.67. The maximum absolute atomic E-state index is 12.1. The van der Waals surface area contributed by atoms with Crippen LogP contribution in [0.1, 0.15) is 30.3 Å². The molecule has 2 rings (SSSR count). The van der Waals surface area contributed by atoms with E-state index < -0.39 is 6.04 Å². The summed E-state index contributed by atoms with van der Waals surface area (Å²) in [6.45, 7) is 6.27. The fraction of sp³-hybridized carbons (Fsp3) is 0.467. The van der Waals surface area contributed by atoms with E-state index >= 15 is 0 Å². The van der Waals surface area contributed by atoms with Crippen molar-refractivity contribution in [2.75, 3.05) is 12.3 Å². The van der Waals surface area contributed by atoms with Gasteiger partial charge >= 0.3 is 0 Å². The number of carbonyl (C=O) groups excluding carboxylic acids is 2. The van der Waals surface area contributed by atoms with Crippen LogP contribution < -0.4 is 5.32 Å². The average Bonchev–Trinajstić information content (AvgIpc) is 2.80. The van der Waals surface area contributed by atoms with Crippen LogP contribution in [0.4, 0.5) is 0 Å². The lowest BCUT2D eigenvalue weighted by atomic mass is 10.1. The Hall–Kier alpha value is -1.49. The highest BCUT2D eigenvalue weighted by Gasteiger charge is 2.38. The van der Waals surface area contributed by atoms with Crippen molar-refractivity contribution in [1.82, 2.24) is 10.2 Å². The third-order valence-corrected chi connectivity index (χ3v) is 4.61. The van der Waals surface area contributed by atoms with Gasteiger partial charge in [0.05, 0.1) is 5.75 Å². The highest BCUT2D eigenvalue weighted by atomic mass is 32.2. The second-order valence-corrected chi connectivity index (χ2v) is 6.02. The maximum Gasteiger partial charge on any atom is 0.242 e. The molecule has 0 spiro atoms. The van der Waals surface area contributed by atoms with Gasteiger partial charge in [-0.3, -0.25) is 9.59 Å². The minimum absolute atomic E-state index is 0.0280. The number of likely N-dealkylation sites (N-methyl/N-ethyl adjacent to an activating group) is 1. The number of benzene rings is 1. The van der Waals surface area contributed by atoms with Gasteiger partial charge in [-0.05, 0) is 26.3 Å². The summed E-state index contributed by atoms with van der Waals surface area (Å²) < 4.78 is 0. The molecular formula is C15H20N2O2S. The predicted octanol–water partition coefficient (Wildman–Crippen LogP) is 2.09. The maximum atomic E-state index is 12.1. The lowest BCUT2D eigenvalue weighted by Gasteiger charge is -2.29. The van der Waals surface area contributed by atoms with Gasteiger partial charge in [-0.25, -0.2) is 0 Å². The molecule has 108 valence electrons. The molecule has 1 aliphatic heterocycles. The van der Waals surface area contributed by atoms with Crippen molar-refractivity contribution in [3.63, 3.8) is 0 Å². The molecule has 1 aliphatic rings. The number of thioether (sulfide) groups is 1. The van der Waals surface area contributed by atoms with E-state index in [0.717, 1.165) is 11.1 Å². The normalized spacial score (nSPS) is 20.1. The molecule has 1 aromatic carbocycles. The van der Waals surface area contributed by atoms with Crippen molar-refractivity contribution in [2.24, 2.45) is 0 Å². The van der Waals surface area contributed by atoms with E-state index in [0.29, 0.717) is 12.3 Å².